The standard InChI is InChI=1S/C17H23N3O2/c1-12(19-16(21)22-17(2,3)4)13-6-8-14(9-7-13)15-18-10-11-20(15)5/h6-12H,1-5H3,(H,19,21)/t12-/m0/s1. The highest BCUT2D eigenvalue weighted by Gasteiger charge is 2.18. The molecule has 1 amide bonds. The molecule has 0 spiro atoms. The van der Waals surface area contributed by atoms with Gasteiger partial charge in [-0.15, -0.1) is 0 Å². The number of amides is 1. The van der Waals surface area contributed by atoms with Crippen LogP contribution in [0.4, 0.5) is 4.79 Å². The number of ether oxygens (including phenoxy) is 1. The first-order valence-corrected chi connectivity index (χ1v) is 7.33. The maximum Gasteiger partial charge on any atom is 0.408 e. The third kappa shape index (κ3) is 4.10. The molecule has 1 heterocycles. The summed E-state index contributed by atoms with van der Waals surface area (Å²) in [4.78, 5) is 16.1. The van der Waals surface area contributed by atoms with Gasteiger partial charge in [-0.25, -0.2) is 9.78 Å². The van der Waals surface area contributed by atoms with Crippen molar-refractivity contribution in [2.24, 2.45) is 7.05 Å². The third-order valence-corrected chi connectivity index (χ3v) is 3.22. The highest BCUT2D eigenvalue weighted by atomic mass is 16.6. The summed E-state index contributed by atoms with van der Waals surface area (Å²) in [6.07, 6.45) is 3.28. The van der Waals surface area contributed by atoms with E-state index < -0.39 is 11.7 Å². The van der Waals surface area contributed by atoms with Crippen LogP contribution in [-0.2, 0) is 11.8 Å². The summed E-state index contributed by atoms with van der Waals surface area (Å²) < 4.78 is 7.23. The first-order valence-electron chi connectivity index (χ1n) is 7.33. The topological polar surface area (TPSA) is 56.1 Å². The van der Waals surface area contributed by atoms with Gasteiger partial charge in [0, 0.05) is 25.0 Å². The molecule has 0 saturated heterocycles. The van der Waals surface area contributed by atoms with Crippen LogP contribution in [0.1, 0.15) is 39.3 Å². The summed E-state index contributed by atoms with van der Waals surface area (Å²) in [6.45, 7) is 7.47. The van der Waals surface area contributed by atoms with Crippen molar-refractivity contribution in [3.8, 4) is 11.4 Å². The molecule has 0 aliphatic carbocycles. The van der Waals surface area contributed by atoms with Crippen LogP contribution in [0.2, 0.25) is 0 Å². The second-order valence-corrected chi connectivity index (χ2v) is 6.35. The van der Waals surface area contributed by atoms with E-state index in [1.165, 1.54) is 0 Å². The molecular formula is C17H23N3O2. The Morgan fingerprint density at radius 2 is 1.91 bits per heavy atom. The van der Waals surface area contributed by atoms with E-state index in [4.69, 9.17) is 4.74 Å². The molecule has 1 aromatic carbocycles. The van der Waals surface area contributed by atoms with Crippen molar-refractivity contribution < 1.29 is 9.53 Å². The van der Waals surface area contributed by atoms with Crippen LogP contribution >= 0.6 is 0 Å². The number of alkyl carbamates (subject to hydrolysis) is 1. The predicted octanol–water partition coefficient (Wildman–Crippen LogP) is 3.67. The molecule has 5 nitrogen and oxygen atoms in total. The van der Waals surface area contributed by atoms with Crippen molar-refractivity contribution >= 4 is 6.09 Å². The minimum Gasteiger partial charge on any atom is -0.444 e. The predicted molar refractivity (Wildman–Crippen MR) is 86.4 cm³/mol. The first kappa shape index (κ1) is 16.1. The fourth-order valence-electron chi connectivity index (χ4n) is 2.13. The lowest BCUT2D eigenvalue weighted by atomic mass is 10.1. The zero-order valence-electron chi connectivity index (χ0n) is 13.8. The molecule has 2 aromatic rings. The summed E-state index contributed by atoms with van der Waals surface area (Å²) >= 11 is 0. The lowest BCUT2D eigenvalue weighted by Crippen LogP contribution is -2.34. The highest BCUT2D eigenvalue weighted by molar-refractivity contribution is 5.68. The number of aromatic nitrogens is 2. The number of carbonyl (C=O) groups excluding carboxylic acids is 1. The minimum atomic E-state index is -0.494. The molecule has 0 fully saturated rings. The number of hydrogen-bond acceptors (Lipinski definition) is 3. The van der Waals surface area contributed by atoms with Crippen LogP contribution in [0.3, 0.4) is 0 Å². The number of imidazole rings is 1. The molecular weight excluding hydrogens is 278 g/mol. The number of rotatable bonds is 3. The molecule has 0 aliphatic rings. The lowest BCUT2D eigenvalue weighted by Gasteiger charge is -2.22. The van der Waals surface area contributed by atoms with Gasteiger partial charge in [0.2, 0.25) is 0 Å². The summed E-state index contributed by atoms with van der Waals surface area (Å²) in [5.74, 6) is 0.916. The second-order valence-electron chi connectivity index (χ2n) is 6.35. The van der Waals surface area contributed by atoms with Gasteiger partial charge in [0.1, 0.15) is 11.4 Å². The van der Waals surface area contributed by atoms with E-state index in [1.807, 2.05) is 69.8 Å². The Balaban J connectivity index is 2.04. The Bertz CT molecular complexity index is 639. The maximum atomic E-state index is 11.8. The van der Waals surface area contributed by atoms with E-state index in [-0.39, 0.29) is 6.04 Å². The van der Waals surface area contributed by atoms with Gasteiger partial charge in [-0.1, -0.05) is 24.3 Å². The minimum absolute atomic E-state index is 0.120. The Morgan fingerprint density at radius 3 is 2.41 bits per heavy atom. The summed E-state index contributed by atoms with van der Waals surface area (Å²) in [5.41, 5.74) is 1.57. The van der Waals surface area contributed by atoms with Crippen molar-refractivity contribution in [2.45, 2.75) is 39.3 Å². The van der Waals surface area contributed by atoms with Gasteiger partial charge in [0.15, 0.2) is 0 Å². The summed E-state index contributed by atoms with van der Waals surface area (Å²) in [6, 6.07) is 7.87. The SMILES string of the molecule is C[C@H](NC(=O)OC(C)(C)C)c1ccc(-c2nccn2C)cc1. The smallest absolute Gasteiger partial charge is 0.408 e. The van der Waals surface area contributed by atoms with E-state index in [9.17, 15) is 4.79 Å². The molecule has 1 N–H and O–H groups in total. The first-order chi connectivity index (χ1) is 10.3. The van der Waals surface area contributed by atoms with E-state index in [2.05, 4.69) is 10.3 Å². The number of benzene rings is 1. The third-order valence-electron chi connectivity index (χ3n) is 3.22. The van der Waals surface area contributed by atoms with E-state index >= 15 is 0 Å². The largest absolute Gasteiger partial charge is 0.444 e. The number of nitrogens with one attached hydrogen (secondary N) is 1. The van der Waals surface area contributed by atoms with Gasteiger partial charge in [-0.3, -0.25) is 0 Å². The van der Waals surface area contributed by atoms with Crippen LogP contribution in [0, 0.1) is 0 Å². The van der Waals surface area contributed by atoms with Gasteiger partial charge in [-0.05, 0) is 33.3 Å². The molecule has 0 unspecified atom stereocenters. The molecule has 22 heavy (non-hydrogen) atoms. The van der Waals surface area contributed by atoms with Gasteiger partial charge in [0.05, 0.1) is 6.04 Å². The molecule has 1 atom stereocenters. The highest BCUT2D eigenvalue weighted by Crippen LogP contribution is 2.20. The Labute approximate surface area is 131 Å². The Hall–Kier alpha value is -2.30. The molecule has 0 bridgehead atoms. The van der Waals surface area contributed by atoms with Crippen molar-refractivity contribution in [1.82, 2.24) is 14.9 Å². The van der Waals surface area contributed by atoms with E-state index in [1.54, 1.807) is 6.20 Å². The van der Waals surface area contributed by atoms with Crippen LogP contribution in [-0.4, -0.2) is 21.2 Å². The molecule has 0 radical (unpaired) electrons. The number of hydrogen-bond donors (Lipinski definition) is 1. The van der Waals surface area contributed by atoms with E-state index in [0.717, 1.165) is 17.0 Å². The van der Waals surface area contributed by atoms with Gasteiger partial charge >= 0.3 is 6.09 Å². The molecule has 0 aliphatic heterocycles. The number of carbonyl (C=O) groups is 1. The van der Waals surface area contributed by atoms with Crippen molar-refractivity contribution in [3.05, 3.63) is 42.2 Å². The molecule has 0 saturated carbocycles. The molecule has 5 heteroatoms. The van der Waals surface area contributed by atoms with Crippen LogP contribution in [0.5, 0.6) is 0 Å². The summed E-state index contributed by atoms with van der Waals surface area (Å²) in [7, 11) is 1.96. The van der Waals surface area contributed by atoms with Gasteiger partial charge in [0.25, 0.3) is 0 Å². The Kier molecular flexibility index (Phi) is 4.54. The van der Waals surface area contributed by atoms with Crippen molar-refractivity contribution in [3.63, 3.8) is 0 Å². The van der Waals surface area contributed by atoms with Crippen molar-refractivity contribution in [2.75, 3.05) is 0 Å². The monoisotopic (exact) mass is 301 g/mol. The average molecular weight is 301 g/mol. The number of aryl methyl sites for hydroxylation is 1. The fraction of sp³-hybridized carbons (Fsp3) is 0.412. The summed E-state index contributed by atoms with van der Waals surface area (Å²) in [5, 5.41) is 2.84. The van der Waals surface area contributed by atoms with Crippen molar-refractivity contribution in [1.29, 1.82) is 0 Å². The quantitative estimate of drug-likeness (QED) is 0.941. The zero-order chi connectivity index (χ0) is 16.3. The fourth-order valence-corrected chi connectivity index (χ4v) is 2.13. The van der Waals surface area contributed by atoms with Crippen LogP contribution in [0.15, 0.2) is 36.7 Å². The molecule has 2 rings (SSSR count). The van der Waals surface area contributed by atoms with Gasteiger partial charge < -0.3 is 14.6 Å². The lowest BCUT2D eigenvalue weighted by molar-refractivity contribution is 0.0508. The molecule has 1 aromatic heterocycles. The normalized spacial score (nSPS) is 12.8. The van der Waals surface area contributed by atoms with Crippen LogP contribution < -0.4 is 5.32 Å². The van der Waals surface area contributed by atoms with Crippen LogP contribution in [0.25, 0.3) is 11.4 Å². The molecule has 118 valence electrons. The van der Waals surface area contributed by atoms with E-state index in [0.29, 0.717) is 0 Å². The zero-order valence-corrected chi connectivity index (χ0v) is 13.8. The average Bonchev–Trinajstić information content (AvgIpc) is 2.83. The number of nitrogens with zero attached hydrogens (tertiary/aromatic N) is 2. The second kappa shape index (κ2) is 6.22. The maximum absolute atomic E-state index is 11.8. The van der Waals surface area contributed by atoms with Gasteiger partial charge in [-0.2, -0.15) is 0 Å². The Morgan fingerprint density at radius 1 is 1.27 bits per heavy atom.